The average molecular weight is 530 g/mol. The molecule has 2 aromatic rings. The topological polar surface area (TPSA) is 116 Å². The molecule has 3 N–H and O–H groups in total. The van der Waals surface area contributed by atoms with E-state index < -0.39 is 21.1 Å². The molecule has 2 heterocycles. The monoisotopic (exact) mass is 529 g/mol. The Morgan fingerprint density at radius 3 is 2.43 bits per heavy atom. The van der Waals surface area contributed by atoms with E-state index in [1.54, 1.807) is 12.1 Å². The van der Waals surface area contributed by atoms with Gasteiger partial charge in [0.05, 0.1) is 10.3 Å². The molecule has 1 unspecified atom stereocenters. The predicted molar refractivity (Wildman–Crippen MR) is 142 cm³/mol. The summed E-state index contributed by atoms with van der Waals surface area (Å²) in [5.41, 5.74) is 4.84. The predicted octanol–water partition coefficient (Wildman–Crippen LogP) is 4.25. The summed E-state index contributed by atoms with van der Waals surface area (Å²) in [5, 5.41) is 13.4. The number of amides is 1. The van der Waals surface area contributed by atoms with E-state index in [4.69, 9.17) is 4.74 Å². The summed E-state index contributed by atoms with van der Waals surface area (Å²) < 4.78 is 41.2. The van der Waals surface area contributed by atoms with Crippen molar-refractivity contribution in [1.29, 1.82) is 0 Å². The molecule has 2 aliphatic heterocycles. The highest BCUT2D eigenvalue weighted by atomic mass is 32.2. The number of fused-ring (bicyclic) bond motifs is 2. The fourth-order valence-corrected chi connectivity index (χ4v) is 5.95. The zero-order valence-electron chi connectivity index (χ0n) is 22.7. The van der Waals surface area contributed by atoms with Crippen molar-refractivity contribution in [2.24, 2.45) is 0 Å². The molecule has 2 aliphatic rings. The van der Waals surface area contributed by atoms with Gasteiger partial charge in [-0.25, -0.2) is 0 Å². The Hall–Kier alpha value is -2.91. The molecule has 37 heavy (non-hydrogen) atoms. The van der Waals surface area contributed by atoms with Gasteiger partial charge < -0.3 is 15.2 Å². The van der Waals surface area contributed by atoms with Crippen molar-refractivity contribution < 1.29 is 32.2 Å². The van der Waals surface area contributed by atoms with Crippen LogP contribution in [0.2, 0.25) is 0 Å². The Morgan fingerprint density at radius 2 is 1.78 bits per heavy atom. The number of benzene rings is 2. The van der Waals surface area contributed by atoms with Crippen molar-refractivity contribution in [3.63, 3.8) is 0 Å². The molecule has 0 bridgehead atoms. The number of phenols is 1. The number of carbonyl (C=O) groups is 1. The molecular weight excluding hydrogens is 492 g/mol. The lowest BCUT2D eigenvalue weighted by molar-refractivity contribution is -0.439. The molecule has 8 nitrogen and oxygen atoms in total. The van der Waals surface area contributed by atoms with Gasteiger partial charge in [-0.3, -0.25) is 9.35 Å². The van der Waals surface area contributed by atoms with Crippen LogP contribution in [0.15, 0.2) is 23.1 Å². The lowest BCUT2D eigenvalue weighted by atomic mass is 9.82. The number of aromatic hydroxyl groups is 1. The van der Waals surface area contributed by atoms with Crippen molar-refractivity contribution in [2.75, 3.05) is 13.1 Å². The number of nitrogens with zero attached hydrogens (tertiary/aromatic N) is 1. The van der Waals surface area contributed by atoms with Crippen LogP contribution in [-0.4, -0.2) is 53.0 Å². The summed E-state index contributed by atoms with van der Waals surface area (Å²) in [6, 6.07) is 4.69. The van der Waals surface area contributed by atoms with Crippen LogP contribution in [0.4, 0.5) is 5.69 Å². The minimum atomic E-state index is -4.28. The molecule has 0 fully saturated rings. The summed E-state index contributed by atoms with van der Waals surface area (Å²) in [6.45, 7) is 14.6. The van der Waals surface area contributed by atoms with E-state index in [1.165, 1.54) is 6.07 Å². The van der Waals surface area contributed by atoms with E-state index in [2.05, 4.69) is 9.89 Å². The van der Waals surface area contributed by atoms with Crippen LogP contribution in [-0.2, 0) is 26.7 Å². The summed E-state index contributed by atoms with van der Waals surface area (Å²) in [5.74, 6) is 0.824. The van der Waals surface area contributed by atoms with Crippen LogP contribution in [0.5, 0.6) is 11.5 Å². The molecule has 4 rings (SSSR count). The second-order valence-corrected chi connectivity index (χ2v) is 12.4. The number of hydrogen-bond acceptors (Lipinski definition) is 5. The fourth-order valence-electron chi connectivity index (χ4n) is 5.45. The molecule has 0 saturated heterocycles. The standard InChI is InChI=1S/C28H36N2O6S/c1-16-17(2)25-21(18(3)24(16)31)11-12-28(7,36-25)26(32)29-13-8-14-30-19(4)27(5,6)22-15-20(37(33,34)35)9-10-23(22)30/h9-10,15H,8,11-14H2,1-7H3,(H2-,29,31,32,33,34,35)/p+1. The quantitative estimate of drug-likeness (QED) is 0.293. The van der Waals surface area contributed by atoms with Gasteiger partial charge in [0.25, 0.3) is 16.0 Å². The molecule has 200 valence electrons. The van der Waals surface area contributed by atoms with Crippen molar-refractivity contribution in [1.82, 2.24) is 5.32 Å². The van der Waals surface area contributed by atoms with Gasteiger partial charge in [-0.1, -0.05) is 0 Å². The maximum Gasteiger partial charge on any atom is 0.294 e. The maximum atomic E-state index is 13.2. The van der Waals surface area contributed by atoms with Crippen LogP contribution < -0.4 is 10.1 Å². The zero-order chi connectivity index (χ0) is 27.5. The summed E-state index contributed by atoms with van der Waals surface area (Å²) in [6.07, 6.45) is 1.85. The fraction of sp³-hybridized carbons (Fsp3) is 0.500. The molecule has 9 heteroatoms. The molecule has 1 atom stereocenters. The lowest BCUT2D eigenvalue weighted by Gasteiger charge is -2.36. The lowest BCUT2D eigenvalue weighted by Crippen LogP contribution is -2.51. The van der Waals surface area contributed by atoms with Crippen molar-refractivity contribution >= 4 is 27.4 Å². The van der Waals surface area contributed by atoms with E-state index in [9.17, 15) is 22.9 Å². The molecule has 0 aromatic heterocycles. The van der Waals surface area contributed by atoms with Crippen LogP contribution in [0.3, 0.4) is 0 Å². The molecule has 2 aromatic carbocycles. The summed E-state index contributed by atoms with van der Waals surface area (Å²) >= 11 is 0. The van der Waals surface area contributed by atoms with Gasteiger partial charge in [0.2, 0.25) is 5.69 Å². The number of nitrogens with one attached hydrogen (secondary N) is 1. The maximum absolute atomic E-state index is 13.2. The van der Waals surface area contributed by atoms with E-state index in [-0.39, 0.29) is 10.8 Å². The third kappa shape index (κ3) is 4.52. The molecule has 0 aliphatic carbocycles. The number of hydrogen-bond donors (Lipinski definition) is 3. The number of phenolic OH excluding ortho intramolecular Hbond substituents is 1. The number of rotatable bonds is 6. The highest BCUT2D eigenvalue weighted by Gasteiger charge is 2.44. The van der Waals surface area contributed by atoms with E-state index >= 15 is 0 Å². The van der Waals surface area contributed by atoms with Gasteiger partial charge in [0.1, 0.15) is 11.5 Å². The van der Waals surface area contributed by atoms with E-state index in [0.29, 0.717) is 43.9 Å². The van der Waals surface area contributed by atoms with Gasteiger partial charge in [0.15, 0.2) is 17.9 Å². The Bertz CT molecular complexity index is 1440. The average Bonchev–Trinajstić information content (AvgIpc) is 3.03. The van der Waals surface area contributed by atoms with Gasteiger partial charge in [-0.15, -0.1) is 0 Å². The first-order valence-electron chi connectivity index (χ1n) is 12.6. The first-order chi connectivity index (χ1) is 17.1. The minimum absolute atomic E-state index is 0.112. The van der Waals surface area contributed by atoms with Crippen molar-refractivity contribution in [3.8, 4) is 11.5 Å². The molecule has 0 saturated carbocycles. The summed E-state index contributed by atoms with van der Waals surface area (Å²) in [4.78, 5) is 13.1. The smallest absolute Gasteiger partial charge is 0.294 e. The van der Waals surface area contributed by atoms with E-state index in [0.717, 1.165) is 39.2 Å². The first-order valence-corrected chi connectivity index (χ1v) is 14.1. The van der Waals surface area contributed by atoms with Crippen molar-refractivity contribution in [2.45, 2.75) is 83.6 Å². The Balaban J connectivity index is 1.44. The molecule has 0 spiro atoms. The normalized spacial score (nSPS) is 20.3. The Labute approximate surface area is 219 Å². The Kier molecular flexibility index (Phi) is 6.70. The van der Waals surface area contributed by atoms with Crippen LogP contribution in [0.1, 0.15) is 68.4 Å². The van der Waals surface area contributed by atoms with Crippen LogP contribution in [0, 0.1) is 20.8 Å². The number of ether oxygens (including phenoxy) is 1. The number of carbonyl (C=O) groups excluding carboxylic acids is 1. The highest BCUT2D eigenvalue weighted by Crippen LogP contribution is 2.43. The molecule has 1 amide bonds. The van der Waals surface area contributed by atoms with Gasteiger partial charge in [0, 0.05) is 43.5 Å². The van der Waals surface area contributed by atoms with Crippen molar-refractivity contribution in [3.05, 3.63) is 46.0 Å². The van der Waals surface area contributed by atoms with Gasteiger partial charge >= 0.3 is 0 Å². The third-order valence-corrected chi connectivity index (χ3v) is 9.23. The van der Waals surface area contributed by atoms with Crippen LogP contribution in [0.25, 0.3) is 0 Å². The first kappa shape index (κ1) is 27.1. The SMILES string of the molecule is CC1=[N+](CCCNC(=O)C2(C)CCc3c(C)c(O)c(C)c(C)c3O2)c2ccc(S(=O)(=O)O)cc2C1(C)C. The third-order valence-electron chi connectivity index (χ3n) is 8.38. The zero-order valence-corrected chi connectivity index (χ0v) is 23.5. The van der Waals surface area contributed by atoms with Gasteiger partial charge in [-0.2, -0.15) is 13.0 Å². The Morgan fingerprint density at radius 1 is 1.11 bits per heavy atom. The second kappa shape index (κ2) is 9.13. The minimum Gasteiger partial charge on any atom is -0.507 e. The van der Waals surface area contributed by atoms with Crippen LogP contribution >= 0.6 is 0 Å². The van der Waals surface area contributed by atoms with Gasteiger partial charge in [-0.05, 0) is 76.8 Å². The molecular formula is C28H37N2O6S+. The summed E-state index contributed by atoms with van der Waals surface area (Å²) in [7, 11) is -4.28. The second-order valence-electron chi connectivity index (χ2n) is 11.0. The highest BCUT2D eigenvalue weighted by molar-refractivity contribution is 7.85. The largest absolute Gasteiger partial charge is 0.507 e. The molecule has 0 radical (unpaired) electrons. The van der Waals surface area contributed by atoms with E-state index in [1.807, 2.05) is 48.5 Å².